The van der Waals surface area contributed by atoms with Crippen molar-refractivity contribution in [3.63, 3.8) is 0 Å². The van der Waals surface area contributed by atoms with Crippen LogP contribution in [0.2, 0.25) is 5.02 Å². The van der Waals surface area contributed by atoms with E-state index in [2.05, 4.69) is 48.6 Å². The van der Waals surface area contributed by atoms with E-state index >= 15 is 0 Å². The van der Waals surface area contributed by atoms with Crippen LogP contribution in [0, 0.1) is 6.92 Å². The molecule has 0 aromatic heterocycles. The third-order valence-corrected chi connectivity index (χ3v) is 4.21. The predicted octanol–water partition coefficient (Wildman–Crippen LogP) is 5.52. The Bertz CT molecular complexity index is 814. The van der Waals surface area contributed by atoms with E-state index in [0.29, 0.717) is 6.61 Å². The lowest BCUT2D eigenvalue weighted by atomic mass is 10.1. The molecule has 0 fully saturated rings. The minimum Gasteiger partial charge on any atom is -0.489 e. The summed E-state index contributed by atoms with van der Waals surface area (Å²) in [5.41, 5.74) is 4.85. The van der Waals surface area contributed by atoms with Crippen molar-refractivity contribution in [2.45, 2.75) is 26.6 Å². The maximum atomic E-state index is 6.00. The molecule has 0 amide bonds. The summed E-state index contributed by atoms with van der Waals surface area (Å²) < 4.78 is 5.88. The number of ether oxygens (including phenoxy) is 1. The van der Waals surface area contributed by atoms with Crippen LogP contribution in [0.3, 0.4) is 0 Å². The number of benzene rings is 3. The van der Waals surface area contributed by atoms with E-state index in [9.17, 15) is 0 Å². The Kier molecular flexibility index (Phi) is 6.10. The van der Waals surface area contributed by atoms with Crippen LogP contribution < -0.4 is 10.1 Å². The van der Waals surface area contributed by atoms with E-state index in [1.54, 1.807) is 0 Å². The Morgan fingerprint density at radius 1 is 0.800 bits per heavy atom. The van der Waals surface area contributed by atoms with Crippen LogP contribution in [0.4, 0.5) is 0 Å². The van der Waals surface area contributed by atoms with Crippen molar-refractivity contribution in [2.24, 2.45) is 0 Å². The van der Waals surface area contributed by atoms with E-state index in [1.807, 2.05) is 36.4 Å². The van der Waals surface area contributed by atoms with Crippen molar-refractivity contribution in [3.05, 3.63) is 100 Å². The van der Waals surface area contributed by atoms with Crippen molar-refractivity contribution in [1.29, 1.82) is 0 Å². The first-order chi connectivity index (χ1) is 12.2. The maximum Gasteiger partial charge on any atom is 0.120 e. The van der Waals surface area contributed by atoms with Gasteiger partial charge < -0.3 is 10.1 Å². The summed E-state index contributed by atoms with van der Waals surface area (Å²) in [5, 5.41) is 4.20. The van der Waals surface area contributed by atoms with Gasteiger partial charge in [-0.15, -0.1) is 0 Å². The Balaban J connectivity index is 1.51. The van der Waals surface area contributed by atoms with E-state index in [1.165, 1.54) is 16.7 Å². The van der Waals surface area contributed by atoms with Crippen molar-refractivity contribution >= 4 is 11.6 Å². The molecule has 0 saturated heterocycles. The minimum atomic E-state index is 0.515. The zero-order valence-electron chi connectivity index (χ0n) is 14.3. The predicted molar refractivity (Wildman–Crippen MR) is 104 cm³/mol. The second-order valence-corrected chi connectivity index (χ2v) is 6.59. The van der Waals surface area contributed by atoms with Gasteiger partial charge in [0.25, 0.3) is 0 Å². The lowest BCUT2D eigenvalue weighted by Gasteiger charge is -2.10. The zero-order valence-corrected chi connectivity index (χ0v) is 15.1. The maximum absolute atomic E-state index is 6.00. The Hall–Kier alpha value is -2.29. The van der Waals surface area contributed by atoms with Crippen molar-refractivity contribution < 1.29 is 4.74 Å². The molecular weight excluding hydrogens is 330 g/mol. The first-order valence-electron chi connectivity index (χ1n) is 8.41. The Morgan fingerprint density at radius 3 is 2.32 bits per heavy atom. The molecule has 0 spiro atoms. The van der Waals surface area contributed by atoms with Gasteiger partial charge in [0.15, 0.2) is 0 Å². The van der Waals surface area contributed by atoms with Crippen LogP contribution in [0.15, 0.2) is 72.8 Å². The quantitative estimate of drug-likeness (QED) is 0.605. The second-order valence-electron chi connectivity index (χ2n) is 6.16. The molecular formula is C22H22ClNO. The Labute approximate surface area is 154 Å². The molecule has 3 heteroatoms. The molecule has 1 N–H and O–H groups in total. The number of hydrogen-bond acceptors (Lipinski definition) is 2. The van der Waals surface area contributed by atoms with Gasteiger partial charge in [0.05, 0.1) is 0 Å². The fourth-order valence-corrected chi connectivity index (χ4v) is 2.81. The van der Waals surface area contributed by atoms with Crippen LogP contribution in [0.1, 0.15) is 22.3 Å². The Morgan fingerprint density at radius 2 is 1.52 bits per heavy atom. The molecule has 3 aromatic carbocycles. The van der Waals surface area contributed by atoms with E-state index < -0.39 is 0 Å². The van der Waals surface area contributed by atoms with Gasteiger partial charge >= 0.3 is 0 Å². The largest absolute Gasteiger partial charge is 0.489 e. The third-order valence-electron chi connectivity index (χ3n) is 3.97. The molecule has 0 bridgehead atoms. The first kappa shape index (κ1) is 17.5. The smallest absolute Gasteiger partial charge is 0.120 e. The van der Waals surface area contributed by atoms with E-state index in [0.717, 1.165) is 29.4 Å². The lowest BCUT2D eigenvalue weighted by molar-refractivity contribution is 0.306. The molecule has 0 aliphatic rings. The topological polar surface area (TPSA) is 21.3 Å². The normalized spacial score (nSPS) is 10.6. The number of nitrogens with one attached hydrogen (secondary N) is 1. The average Bonchev–Trinajstić information content (AvgIpc) is 2.62. The molecule has 0 aliphatic carbocycles. The van der Waals surface area contributed by atoms with Gasteiger partial charge in [-0.1, -0.05) is 65.7 Å². The number of hydrogen-bond donors (Lipinski definition) is 1. The van der Waals surface area contributed by atoms with Gasteiger partial charge in [0, 0.05) is 18.1 Å². The summed E-state index contributed by atoms with van der Waals surface area (Å²) in [6.07, 6.45) is 0. The summed E-state index contributed by atoms with van der Waals surface area (Å²) >= 11 is 6.00. The molecule has 0 radical (unpaired) electrons. The fraction of sp³-hybridized carbons (Fsp3) is 0.182. The molecule has 0 atom stereocenters. The van der Waals surface area contributed by atoms with Crippen LogP contribution in [0.25, 0.3) is 0 Å². The molecule has 128 valence electrons. The average molecular weight is 352 g/mol. The zero-order chi connectivity index (χ0) is 17.5. The number of rotatable bonds is 7. The van der Waals surface area contributed by atoms with Crippen LogP contribution in [-0.2, 0) is 19.7 Å². The molecule has 0 unspecified atom stereocenters. The van der Waals surface area contributed by atoms with Crippen LogP contribution >= 0.6 is 11.6 Å². The fourth-order valence-electron chi connectivity index (χ4n) is 2.60. The molecule has 3 rings (SSSR count). The SMILES string of the molecule is Cc1ccc(CNCc2cccc(OCc3cccc(Cl)c3)c2)cc1. The summed E-state index contributed by atoms with van der Waals surface area (Å²) in [5.74, 6) is 0.870. The first-order valence-corrected chi connectivity index (χ1v) is 8.79. The summed E-state index contributed by atoms with van der Waals surface area (Å²) in [7, 11) is 0. The van der Waals surface area contributed by atoms with Crippen molar-refractivity contribution in [2.75, 3.05) is 0 Å². The van der Waals surface area contributed by atoms with Gasteiger partial charge in [-0.3, -0.25) is 0 Å². The highest BCUT2D eigenvalue weighted by Crippen LogP contribution is 2.17. The summed E-state index contributed by atoms with van der Waals surface area (Å²) in [6, 6.07) is 24.5. The van der Waals surface area contributed by atoms with Crippen LogP contribution in [-0.4, -0.2) is 0 Å². The highest BCUT2D eigenvalue weighted by Gasteiger charge is 2.00. The minimum absolute atomic E-state index is 0.515. The molecule has 0 heterocycles. The van der Waals surface area contributed by atoms with Gasteiger partial charge in [-0.25, -0.2) is 0 Å². The van der Waals surface area contributed by atoms with E-state index in [-0.39, 0.29) is 0 Å². The van der Waals surface area contributed by atoms with Crippen molar-refractivity contribution in [1.82, 2.24) is 5.32 Å². The number of halogens is 1. The van der Waals surface area contributed by atoms with Gasteiger partial charge in [0.1, 0.15) is 12.4 Å². The molecule has 2 nitrogen and oxygen atoms in total. The summed E-state index contributed by atoms with van der Waals surface area (Å²) in [6.45, 7) is 4.28. The molecule has 25 heavy (non-hydrogen) atoms. The van der Waals surface area contributed by atoms with Gasteiger partial charge in [-0.05, 0) is 47.9 Å². The third kappa shape index (κ3) is 5.63. The lowest BCUT2D eigenvalue weighted by Crippen LogP contribution is -2.12. The van der Waals surface area contributed by atoms with Gasteiger partial charge in [0.2, 0.25) is 0 Å². The molecule has 3 aromatic rings. The van der Waals surface area contributed by atoms with Gasteiger partial charge in [-0.2, -0.15) is 0 Å². The standard InChI is InChI=1S/C22H22ClNO/c1-17-8-10-18(11-9-17)14-24-15-19-4-3-7-22(13-19)25-16-20-5-2-6-21(23)12-20/h2-13,24H,14-16H2,1H3. The second kappa shape index (κ2) is 8.70. The van der Waals surface area contributed by atoms with Crippen molar-refractivity contribution in [3.8, 4) is 5.75 Å². The van der Waals surface area contributed by atoms with Crippen LogP contribution in [0.5, 0.6) is 5.75 Å². The summed E-state index contributed by atoms with van der Waals surface area (Å²) in [4.78, 5) is 0. The monoisotopic (exact) mass is 351 g/mol. The highest BCUT2D eigenvalue weighted by atomic mass is 35.5. The number of aryl methyl sites for hydroxylation is 1. The molecule has 0 aliphatic heterocycles. The van der Waals surface area contributed by atoms with E-state index in [4.69, 9.17) is 16.3 Å². The highest BCUT2D eigenvalue weighted by molar-refractivity contribution is 6.30. The molecule has 0 saturated carbocycles.